The lowest BCUT2D eigenvalue weighted by Crippen LogP contribution is -2.52. The smallest absolute Gasteiger partial charge is 0.412 e. The summed E-state index contributed by atoms with van der Waals surface area (Å²) < 4.78 is 5.33. The van der Waals surface area contributed by atoms with E-state index < -0.39 is 18.0 Å². The quantitative estimate of drug-likeness (QED) is 0.635. The molecule has 2 unspecified atom stereocenters. The number of amides is 4. The molecule has 35 heavy (non-hydrogen) atoms. The van der Waals surface area contributed by atoms with Gasteiger partial charge >= 0.3 is 6.09 Å². The van der Waals surface area contributed by atoms with Gasteiger partial charge in [-0.25, -0.2) is 9.78 Å². The number of hydrogen-bond donors (Lipinski definition) is 2. The van der Waals surface area contributed by atoms with Gasteiger partial charge in [0.15, 0.2) is 0 Å². The molecule has 3 aliphatic heterocycles. The summed E-state index contributed by atoms with van der Waals surface area (Å²) in [5.74, 6) is 0.516. The van der Waals surface area contributed by atoms with Crippen LogP contribution in [0.3, 0.4) is 0 Å². The van der Waals surface area contributed by atoms with Crippen LogP contribution in [0.25, 0.3) is 0 Å². The number of imide groups is 1. The number of anilines is 2. The number of carbonyl (C=O) groups excluding carboxylic acids is 4. The molecule has 4 amide bonds. The molecular weight excluding hydrogens is 450 g/mol. The number of piperidine rings is 1. The topological polar surface area (TPSA) is 121 Å². The summed E-state index contributed by atoms with van der Waals surface area (Å²) in [5.41, 5.74) is 2.47. The third-order valence-corrected chi connectivity index (χ3v) is 6.70. The number of nitrogens with zero attached hydrogens (tertiary/aromatic N) is 3. The highest BCUT2D eigenvalue weighted by atomic mass is 16.5. The fourth-order valence-electron chi connectivity index (χ4n) is 4.78. The number of nitrogens with one attached hydrogen (secondary N) is 2. The molecule has 2 aromatic rings. The van der Waals surface area contributed by atoms with Gasteiger partial charge in [-0.15, -0.1) is 0 Å². The Kier molecular flexibility index (Phi) is 6.10. The molecule has 0 aliphatic carbocycles. The molecule has 0 radical (unpaired) electrons. The Morgan fingerprint density at radius 2 is 2.06 bits per heavy atom. The Bertz CT molecular complexity index is 1180. The van der Waals surface area contributed by atoms with Crippen LogP contribution in [0.2, 0.25) is 0 Å². The van der Waals surface area contributed by atoms with Crippen LogP contribution in [0.1, 0.15) is 47.7 Å². The van der Waals surface area contributed by atoms with E-state index in [2.05, 4.69) is 27.4 Å². The lowest BCUT2D eigenvalue weighted by Gasteiger charge is -2.29. The maximum absolute atomic E-state index is 12.9. The van der Waals surface area contributed by atoms with Gasteiger partial charge in [0.25, 0.3) is 5.91 Å². The van der Waals surface area contributed by atoms with Crippen molar-refractivity contribution in [3.8, 4) is 0 Å². The van der Waals surface area contributed by atoms with Crippen LogP contribution in [0.15, 0.2) is 36.5 Å². The van der Waals surface area contributed by atoms with E-state index in [-0.39, 0.29) is 24.8 Å². The molecule has 0 spiro atoms. The van der Waals surface area contributed by atoms with Gasteiger partial charge in [-0.05, 0) is 48.1 Å². The van der Waals surface area contributed by atoms with Gasteiger partial charge in [0.1, 0.15) is 18.5 Å². The molecule has 1 aromatic carbocycles. The highest BCUT2D eigenvalue weighted by Crippen LogP contribution is 2.28. The van der Waals surface area contributed by atoms with Crippen molar-refractivity contribution >= 4 is 35.3 Å². The number of benzene rings is 1. The number of fused-ring (bicyclic) bond motifs is 1. The number of ether oxygens (including phenoxy) is 1. The molecule has 10 nitrogen and oxygen atoms in total. The van der Waals surface area contributed by atoms with E-state index in [1.165, 1.54) is 4.90 Å². The van der Waals surface area contributed by atoms with Crippen molar-refractivity contribution in [3.05, 3.63) is 53.2 Å². The van der Waals surface area contributed by atoms with Crippen molar-refractivity contribution in [3.63, 3.8) is 0 Å². The van der Waals surface area contributed by atoms with Crippen LogP contribution in [0.4, 0.5) is 16.3 Å². The third kappa shape index (κ3) is 4.82. The minimum Gasteiger partial charge on any atom is -0.444 e. The van der Waals surface area contributed by atoms with Crippen LogP contribution in [-0.2, 0) is 27.5 Å². The van der Waals surface area contributed by atoms with Gasteiger partial charge in [-0.2, -0.15) is 0 Å². The number of hydrogen-bond acceptors (Lipinski definition) is 7. The maximum Gasteiger partial charge on any atom is 0.412 e. The Hall–Kier alpha value is -3.95. The molecule has 5 rings (SSSR count). The highest BCUT2D eigenvalue weighted by molar-refractivity contribution is 6.05. The molecular formula is C25H27N5O5. The first kappa shape index (κ1) is 22.8. The molecule has 2 atom stereocenters. The zero-order valence-electron chi connectivity index (χ0n) is 19.5. The van der Waals surface area contributed by atoms with Crippen molar-refractivity contribution in [2.75, 3.05) is 23.3 Å². The summed E-state index contributed by atoms with van der Waals surface area (Å²) in [4.78, 5) is 56.9. The summed E-state index contributed by atoms with van der Waals surface area (Å²) >= 11 is 0. The monoisotopic (exact) mass is 477 g/mol. The Morgan fingerprint density at radius 1 is 1.20 bits per heavy atom. The van der Waals surface area contributed by atoms with Crippen molar-refractivity contribution in [2.45, 2.75) is 45.4 Å². The lowest BCUT2D eigenvalue weighted by molar-refractivity contribution is -0.136. The molecule has 2 saturated heterocycles. The van der Waals surface area contributed by atoms with E-state index in [0.29, 0.717) is 35.7 Å². The molecule has 0 saturated carbocycles. The first-order chi connectivity index (χ1) is 16.9. The zero-order valence-corrected chi connectivity index (χ0v) is 19.5. The predicted molar refractivity (Wildman–Crippen MR) is 127 cm³/mol. The molecule has 3 aliphatic rings. The van der Waals surface area contributed by atoms with Crippen LogP contribution >= 0.6 is 0 Å². The molecule has 0 bridgehead atoms. The number of pyridine rings is 1. The number of carbonyl (C=O) groups is 4. The van der Waals surface area contributed by atoms with E-state index in [9.17, 15) is 19.2 Å². The standard InChI is InChI=1S/C25H27N5O5/c1-15-8-9-29(12-15)21-6-4-18(11-26-21)27-25(34)35-14-16-2-3-17-13-30(24(33)19(17)10-16)20-5-7-22(31)28-23(20)32/h2-4,6,10-11,15,20H,5,7-9,12-14H2,1H3,(H,27,34)(H,28,31,32). The second-order valence-electron chi connectivity index (χ2n) is 9.34. The van der Waals surface area contributed by atoms with Crippen molar-refractivity contribution < 1.29 is 23.9 Å². The van der Waals surface area contributed by atoms with Gasteiger partial charge in [0.2, 0.25) is 11.8 Å². The lowest BCUT2D eigenvalue weighted by atomic mass is 10.0. The largest absolute Gasteiger partial charge is 0.444 e. The van der Waals surface area contributed by atoms with E-state index in [1.54, 1.807) is 30.5 Å². The summed E-state index contributed by atoms with van der Waals surface area (Å²) in [5, 5.41) is 4.96. The predicted octanol–water partition coefficient (Wildman–Crippen LogP) is 2.44. The first-order valence-corrected chi connectivity index (χ1v) is 11.8. The Morgan fingerprint density at radius 3 is 2.77 bits per heavy atom. The molecule has 1 aromatic heterocycles. The normalized spacial score (nSPS) is 21.7. The van der Waals surface area contributed by atoms with Gasteiger partial charge in [-0.3, -0.25) is 25.0 Å². The van der Waals surface area contributed by atoms with Crippen molar-refractivity contribution in [1.82, 2.24) is 15.2 Å². The van der Waals surface area contributed by atoms with Crippen LogP contribution in [0, 0.1) is 5.92 Å². The SMILES string of the molecule is CC1CCN(c2ccc(NC(=O)OCc3ccc4c(c3)C(=O)N(C3CCC(=O)NC3=O)C4)cn2)C1. The average Bonchev–Trinajstić information content (AvgIpc) is 3.41. The number of aromatic nitrogens is 1. The van der Waals surface area contributed by atoms with Crippen LogP contribution < -0.4 is 15.5 Å². The Labute approximate surface area is 202 Å². The van der Waals surface area contributed by atoms with Crippen molar-refractivity contribution in [2.24, 2.45) is 5.92 Å². The third-order valence-electron chi connectivity index (χ3n) is 6.70. The Balaban J connectivity index is 1.16. The fourth-order valence-corrected chi connectivity index (χ4v) is 4.78. The summed E-state index contributed by atoms with van der Waals surface area (Å²) in [7, 11) is 0. The highest BCUT2D eigenvalue weighted by Gasteiger charge is 2.39. The minimum absolute atomic E-state index is 0.0119. The molecule has 182 valence electrons. The molecule has 2 fully saturated rings. The zero-order chi connectivity index (χ0) is 24.5. The maximum atomic E-state index is 12.9. The minimum atomic E-state index is -0.660. The number of rotatable bonds is 5. The second-order valence-corrected chi connectivity index (χ2v) is 9.34. The van der Waals surface area contributed by atoms with E-state index in [1.807, 2.05) is 6.07 Å². The van der Waals surface area contributed by atoms with E-state index >= 15 is 0 Å². The molecule has 4 heterocycles. The van der Waals surface area contributed by atoms with E-state index in [0.717, 1.165) is 30.9 Å². The molecule has 2 N–H and O–H groups in total. The van der Waals surface area contributed by atoms with E-state index in [4.69, 9.17) is 4.74 Å². The fraction of sp³-hybridized carbons (Fsp3) is 0.400. The van der Waals surface area contributed by atoms with Gasteiger partial charge in [0, 0.05) is 31.6 Å². The average molecular weight is 478 g/mol. The second kappa shape index (κ2) is 9.36. The molecule has 10 heteroatoms. The van der Waals surface area contributed by atoms with Gasteiger partial charge in [-0.1, -0.05) is 19.1 Å². The van der Waals surface area contributed by atoms with Gasteiger partial charge in [0.05, 0.1) is 11.9 Å². The van der Waals surface area contributed by atoms with Gasteiger partial charge < -0.3 is 14.5 Å². The van der Waals surface area contributed by atoms with Crippen molar-refractivity contribution in [1.29, 1.82) is 0 Å². The summed E-state index contributed by atoms with van der Waals surface area (Å²) in [6, 6.07) is 8.30. The summed E-state index contributed by atoms with van der Waals surface area (Å²) in [6.45, 7) is 4.48. The van der Waals surface area contributed by atoms with Crippen LogP contribution in [-0.4, -0.2) is 52.8 Å². The van der Waals surface area contributed by atoms with Crippen LogP contribution in [0.5, 0.6) is 0 Å². The summed E-state index contributed by atoms with van der Waals surface area (Å²) in [6.07, 6.45) is 2.66. The first-order valence-electron chi connectivity index (χ1n) is 11.8.